The second kappa shape index (κ2) is 9.15. The summed E-state index contributed by atoms with van der Waals surface area (Å²) < 4.78 is 9.23. The van der Waals surface area contributed by atoms with E-state index in [1.54, 1.807) is 45.8 Å². The number of anilines is 1. The molecule has 0 saturated carbocycles. The van der Waals surface area contributed by atoms with Gasteiger partial charge in [-0.1, -0.05) is 30.8 Å². The number of nitrogens with one attached hydrogen (secondary N) is 1. The zero-order chi connectivity index (χ0) is 24.4. The van der Waals surface area contributed by atoms with Gasteiger partial charge in [-0.05, 0) is 67.1 Å². The Labute approximate surface area is 201 Å². The molecule has 0 spiro atoms. The molecule has 1 amide bonds. The number of rotatable bonds is 6. The van der Waals surface area contributed by atoms with E-state index in [2.05, 4.69) is 16.9 Å². The summed E-state index contributed by atoms with van der Waals surface area (Å²) in [7, 11) is 0. The summed E-state index contributed by atoms with van der Waals surface area (Å²) in [5.74, 6) is 1.00. The molecule has 35 heavy (non-hydrogen) atoms. The smallest absolute Gasteiger partial charge is 0.338 e. The Kier molecular flexibility index (Phi) is 5.73. The van der Waals surface area contributed by atoms with Crippen molar-refractivity contribution >= 4 is 22.6 Å². The lowest BCUT2D eigenvalue weighted by Gasteiger charge is -2.09. The number of fused-ring (bicyclic) bond motifs is 1. The van der Waals surface area contributed by atoms with Crippen molar-refractivity contribution < 1.29 is 9.53 Å². The molecule has 0 atom stereocenters. The largest absolute Gasteiger partial charge is 0.457 e. The van der Waals surface area contributed by atoms with Crippen LogP contribution in [0.3, 0.4) is 0 Å². The van der Waals surface area contributed by atoms with Gasteiger partial charge < -0.3 is 10.1 Å². The number of carbonyl (C=O) groups is 1. The molecule has 3 aromatic carbocycles. The fraction of sp³-hybridized carbons (Fsp3) is 0.0357. The number of imidazole rings is 1. The summed E-state index contributed by atoms with van der Waals surface area (Å²) in [6.45, 7) is 5.48. The number of benzene rings is 3. The average molecular weight is 463 g/mol. The van der Waals surface area contributed by atoms with Gasteiger partial charge in [0.15, 0.2) is 0 Å². The highest BCUT2D eigenvalue weighted by molar-refractivity contribution is 5.99. The van der Waals surface area contributed by atoms with E-state index in [4.69, 9.17) is 4.74 Å². The van der Waals surface area contributed by atoms with Gasteiger partial charge in [0.25, 0.3) is 0 Å². The number of ether oxygens (including phenoxy) is 1. The van der Waals surface area contributed by atoms with Crippen molar-refractivity contribution in [3.05, 3.63) is 120 Å². The van der Waals surface area contributed by atoms with Gasteiger partial charge in [-0.25, -0.2) is 4.79 Å². The van der Waals surface area contributed by atoms with Crippen molar-refractivity contribution in [3.8, 4) is 22.9 Å². The van der Waals surface area contributed by atoms with Crippen LogP contribution >= 0.6 is 0 Å². The molecule has 2 aromatic heterocycles. The minimum atomic E-state index is -0.327. The first-order valence-corrected chi connectivity index (χ1v) is 11.0. The number of nitrogens with zero attached hydrogens (tertiary/aromatic N) is 3. The lowest BCUT2D eigenvalue weighted by atomic mass is 10.2. The van der Waals surface area contributed by atoms with E-state index in [9.17, 15) is 9.59 Å². The molecule has 5 aromatic rings. The lowest BCUT2D eigenvalue weighted by Crippen LogP contribution is -2.22. The third-order valence-corrected chi connectivity index (χ3v) is 5.50. The Morgan fingerprint density at radius 2 is 1.60 bits per heavy atom. The second-order valence-corrected chi connectivity index (χ2v) is 7.98. The van der Waals surface area contributed by atoms with Crippen LogP contribution in [0, 0.1) is 6.92 Å². The third kappa shape index (κ3) is 4.35. The molecule has 1 N–H and O–H groups in total. The number of hydrogen-bond donors (Lipinski definition) is 1. The Morgan fingerprint density at radius 1 is 0.914 bits per heavy atom. The standard InChI is InChI=1S/C28H22N4O3/c1-3-27(33)30-20-8-5-9-21(16-20)31-25-13-14-29-18-26(25)32(28(31)34)22-10-6-12-24(17-22)35-23-11-4-7-19(2)15-23/h3-18H,1H2,2H3,(H,30,33). The average Bonchev–Trinajstić information content (AvgIpc) is 3.16. The first-order chi connectivity index (χ1) is 17.0. The molecule has 0 aliphatic rings. The Balaban J connectivity index is 1.62. The van der Waals surface area contributed by atoms with Crippen LogP contribution in [0.5, 0.6) is 11.5 Å². The lowest BCUT2D eigenvalue weighted by molar-refractivity contribution is -0.111. The minimum absolute atomic E-state index is 0.270. The third-order valence-electron chi connectivity index (χ3n) is 5.50. The van der Waals surface area contributed by atoms with Crippen molar-refractivity contribution in [2.75, 3.05) is 5.32 Å². The second-order valence-electron chi connectivity index (χ2n) is 7.98. The zero-order valence-electron chi connectivity index (χ0n) is 19.0. The van der Waals surface area contributed by atoms with E-state index in [1.807, 2.05) is 61.5 Å². The van der Waals surface area contributed by atoms with Crippen LogP contribution in [0.1, 0.15) is 5.56 Å². The van der Waals surface area contributed by atoms with Gasteiger partial charge in [0, 0.05) is 18.0 Å². The number of aromatic nitrogens is 3. The van der Waals surface area contributed by atoms with Gasteiger partial charge in [0.2, 0.25) is 5.91 Å². The molecule has 0 radical (unpaired) electrons. The fourth-order valence-corrected chi connectivity index (χ4v) is 3.96. The summed E-state index contributed by atoms with van der Waals surface area (Å²) >= 11 is 0. The minimum Gasteiger partial charge on any atom is -0.457 e. The molecule has 7 heteroatoms. The highest BCUT2D eigenvalue weighted by Gasteiger charge is 2.17. The van der Waals surface area contributed by atoms with Gasteiger partial charge in [0.1, 0.15) is 11.5 Å². The molecule has 0 aliphatic carbocycles. The summed E-state index contributed by atoms with van der Waals surface area (Å²) in [6, 6.07) is 24.0. The van der Waals surface area contributed by atoms with E-state index in [0.29, 0.717) is 33.8 Å². The van der Waals surface area contributed by atoms with E-state index in [0.717, 1.165) is 11.3 Å². The Hall–Kier alpha value is -4.91. The zero-order valence-corrected chi connectivity index (χ0v) is 19.0. The van der Waals surface area contributed by atoms with Crippen LogP contribution in [-0.4, -0.2) is 20.0 Å². The molecule has 172 valence electrons. The van der Waals surface area contributed by atoms with Crippen LogP contribution < -0.4 is 15.7 Å². The Bertz CT molecular complexity index is 1630. The van der Waals surface area contributed by atoms with Crippen LogP contribution in [0.25, 0.3) is 22.4 Å². The Morgan fingerprint density at radius 3 is 2.37 bits per heavy atom. The SMILES string of the molecule is C=CC(=O)Nc1cccc(-n2c(=O)n(-c3cccc(Oc4cccc(C)c4)c3)c3cnccc32)c1. The van der Waals surface area contributed by atoms with E-state index >= 15 is 0 Å². The van der Waals surface area contributed by atoms with E-state index in [-0.39, 0.29) is 11.6 Å². The van der Waals surface area contributed by atoms with Gasteiger partial charge in [-0.15, -0.1) is 0 Å². The molecule has 0 aliphatic heterocycles. The van der Waals surface area contributed by atoms with Crippen molar-refractivity contribution in [3.63, 3.8) is 0 Å². The molecular weight excluding hydrogens is 440 g/mol. The molecule has 0 unspecified atom stereocenters. The van der Waals surface area contributed by atoms with Crippen molar-refractivity contribution in [2.24, 2.45) is 0 Å². The summed E-state index contributed by atoms with van der Waals surface area (Å²) in [4.78, 5) is 29.7. The number of carbonyl (C=O) groups excluding carboxylic acids is 1. The normalized spacial score (nSPS) is 10.8. The van der Waals surface area contributed by atoms with Gasteiger partial charge in [-0.2, -0.15) is 0 Å². The molecule has 7 nitrogen and oxygen atoms in total. The number of amides is 1. The topological polar surface area (TPSA) is 78.2 Å². The van der Waals surface area contributed by atoms with Gasteiger partial charge in [0.05, 0.1) is 28.6 Å². The van der Waals surface area contributed by atoms with Crippen molar-refractivity contribution in [1.29, 1.82) is 0 Å². The molecule has 2 heterocycles. The maximum atomic E-state index is 13.7. The predicted octanol–water partition coefficient (Wildman–Crippen LogP) is 5.40. The molecular formula is C28H22N4O3. The van der Waals surface area contributed by atoms with Crippen LogP contribution in [0.4, 0.5) is 5.69 Å². The summed E-state index contributed by atoms with van der Waals surface area (Å²) in [5.41, 5.74) is 3.96. The summed E-state index contributed by atoms with van der Waals surface area (Å²) in [6.07, 6.45) is 4.50. The summed E-state index contributed by atoms with van der Waals surface area (Å²) in [5, 5.41) is 2.73. The maximum absolute atomic E-state index is 13.7. The number of hydrogen-bond acceptors (Lipinski definition) is 4. The molecule has 5 rings (SSSR count). The van der Waals surface area contributed by atoms with Crippen molar-refractivity contribution in [1.82, 2.24) is 14.1 Å². The number of pyridine rings is 1. The molecule has 0 fully saturated rings. The fourth-order valence-electron chi connectivity index (χ4n) is 3.96. The highest BCUT2D eigenvalue weighted by Crippen LogP contribution is 2.27. The maximum Gasteiger partial charge on any atom is 0.338 e. The van der Waals surface area contributed by atoms with E-state index < -0.39 is 0 Å². The monoisotopic (exact) mass is 462 g/mol. The first kappa shape index (κ1) is 21.9. The molecule has 0 saturated heterocycles. The molecule has 0 bridgehead atoms. The first-order valence-electron chi connectivity index (χ1n) is 11.0. The van der Waals surface area contributed by atoms with Crippen LogP contribution in [-0.2, 0) is 4.79 Å². The quantitative estimate of drug-likeness (QED) is 0.343. The van der Waals surface area contributed by atoms with Crippen LogP contribution in [0.15, 0.2) is 109 Å². The number of aryl methyl sites for hydroxylation is 1. The van der Waals surface area contributed by atoms with Gasteiger partial charge in [-0.3, -0.25) is 18.9 Å². The van der Waals surface area contributed by atoms with Crippen LogP contribution in [0.2, 0.25) is 0 Å². The van der Waals surface area contributed by atoms with Crippen molar-refractivity contribution in [2.45, 2.75) is 6.92 Å². The van der Waals surface area contributed by atoms with E-state index in [1.165, 1.54) is 6.08 Å². The van der Waals surface area contributed by atoms with Gasteiger partial charge >= 0.3 is 5.69 Å². The highest BCUT2D eigenvalue weighted by atomic mass is 16.5. The predicted molar refractivity (Wildman–Crippen MR) is 137 cm³/mol.